The SMILES string of the molecule is COc1cc(/C=C(\C#N)C(=O)Nc2ccc(C)c(Cl)c2)cc(Br)c1OCc1ccccc1. The van der Waals surface area contributed by atoms with Gasteiger partial charge in [0.2, 0.25) is 0 Å². The first kappa shape index (κ1) is 23.4. The van der Waals surface area contributed by atoms with Crippen molar-refractivity contribution in [1.29, 1.82) is 5.26 Å². The fraction of sp³-hybridized carbons (Fsp3) is 0.120. The molecule has 1 N–H and O–H groups in total. The summed E-state index contributed by atoms with van der Waals surface area (Å²) < 4.78 is 12.0. The average Bonchev–Trinajstić information content (AvgIpc) is 2.79. The van der Waals surface area contributed by atoms with Crippen LogP contribution in [0.1, 0.15) is 16.7 Å². The monoisotopic (exact) mass is 510 g/mol. The van der Waals surface area contributed by atoms with Gasteiger partial charge >= 0.3 is 0 Å². The van der Waals surface area contributed by atoms with E-state index in [1.165, 1.54) is 13.2 Å². The zero-order valence-corrected chi connectivity index (χ0v) is 19.8. The maximum absolute atomic E-state index is 12.6. The van der Waals surface area contributed by atoms with Crippen molar-refractivity contribution >= 4 is 45.2 Å². The van der Waals surface area contributed by atoms with Gasteiger partial charge in [-0.3, -0.25) is 4.79 Å². The van der Waals surface area contributed by atoms with Crippen LogP contribution in [0.15, 0.2) is 70.7 Å². The van der Waals surface area contributed by atoms with E-state index in [2.05, 4.69) is 21.2 Å². The molecule has 162 valence electrons. The maximum atomic E-state index is 12.6. The first-order valence-corrected chi connectivity index (χ1v) is 10.8. The van der Waals surface area contributed by atoms with E-state index in [9.17, 15) is 10.1 Å². The van der Waals surface area contributed by atoms with Gasteiger partial charge in [-0.25, -0.2) is 0 Å². The fourth-order valence-corrected chi connectivity index (χ4v) is 3.63. The number of anilines is 1. The number of nitrogens with zero attached hydrogens (tertiary/aromatic N) is 1. The number of methoxy groups -OCH3 is 1. The predicted molar refractivity (Wildman–Crippen MR) is 130 cm³/mol. The molecule has 0 unspecified atom stereocenters. The Balaban J connectivity index is 1.82. The van der Waals surface area contributed by atoms with Gasteiger partial charge in [0.15, 0.2) is 11.5 Å². The van der Waals surface area contributed by atoms with Crippen LogP contribution < -0.4 is 14.8 Å². The second-order valence-corrected chi connectivity index (χ2v) is 8.16. The van der Waals surface area contributed by atoms with Crippen LogP contribution in [0.2, 0.25) is 5.02 Å². The van der Waals surface area contributed by atoms with Gasteiger partial charge in [-0.2, -0.15) is 5.26 Å². The molecule has 0 aliphatic carbocycles. The number of halogens is 2. The van der Waals surface area contributed by atoms with E-state index in [1.807, 2.05) is 43.3 Å². The second kappa shape index (κ2) is 10.9. The Labute approximate surface area is 200 Å². The molecule has 0 atom stereocenters. The standard InChI is InChI=1S/C25H20BrClN2O3/c1-16-8-9-20(13-22(16)27)29-25(30)19(14-28)10-18-11-21(26)24(23(12-18)31-2)32-15-17-6-4-3-5-7-17/h3-13H,15H2,1-2H3,(H,29,30)/b19-10+. The molecule has 0 saturated carbocycles. The number of hydrogen-bond donors (Lipinski definition) is 1. The van der Waals surface area contributed by atoms with Gasteiger partial charge in [0.25, 0.3) is 5.91 Å². The molecule has 0 radical (unpaired) electrons. The molecule has 0 aromatic heterocycles. The van der Waals surface area contributed by atoms with E-state index in [4.69, 9.17) is 21.1 Å². The molecule has 1 amide bonds. The molecule has 3 rings (SSSR count). The Hall–Kier alpha value is -3.27. The zero-order valence-electron chi connectivity index (χ0n) is 17.5. The van der Waals surface area contributed by atoms with Gasteiger partial charge in [0, 0.05) is 10.7 Å². The quantitative estimate of drug-likeness (QED) is 0.289. The van der Waals surface area contributed by atoms with Crippen molar-refractivity contribution in [3.63, 3.8) is 0 Å². The molecule has 5 nitrogen and oxygen atoms in total. The fourth-order valence-electron chi connectivity index (χ4n) is 2.88. The van der Waals surface area contributed by atoms with Gasteiger partial charge in [-0.05, 0) is 69.9 Å². The topological polar surface area (TPSA) is 71.3 Å². The molecule has 0 bridgehead atoms. The van der Waals surface area contributed by atoms with E-state index in [0.717, 1.165) is 11.1 Å². The lowest BCUT2D eigenvalue weighted by atomic mass is 10.1. The summed E-state index contributed by atoms with van der Waals surface area (Å²) >= 11 is 9.61. The number of ether oxygens (including phenoxy) is 2. The second-order valence-electron chi connectivity index (χ2n) is 6.90. The molecular formula is C25H20BrClN2O3. The third-order valence-electron chi connectivity index (χ3n) is 4.58. The number of rotatable bonds is 7. The number of carbonyl (C=O) groups excluding carboxylic acids is 1. The molecule has 0 saturated heterocycles. The van der Waals surface area contributed by atoms with Crippen LogP contribution in [-0.4, -0.2) is 13.0 Å². The van der Waals surface area contributed by atoms with E-state index in [-0.39, 0.29) is 5.57 Å². The highest BCUT2D eigenvalue weighted by atomic mass is 79.9. The number of aryl methyl sites for hydroxylation is 1. The highest BCUT2D eigenvalue weighted by Crippen LogP contribution is 2.37. The zero-order chi connectivity index (χ0) is 23.1. The lowest BCUT2D eigenvalue weighted by molar-refractivity contribution is -0.112. The molecular weight excluding hydrogens is 492 g/mol. The molecule has 7 heteroatoms. The van der Waals surface area contributed by atoms with Crippen LogP contribution in [-0.2, 0) is 11.4 Å². The first-order valence-electron chi connectivity index (χ1n) is 9.65. The van der Waals surface area contributed by atoms with Crippen molar-refractivity contribution in [2.45, 2.75) is 13.5 Å². The smallest absolute Gasteiger partial charge is 0.266 e. The summed E-state index contributed by atoms with van der Waals surface area (Å²) in [6.45, 7) is 2.24. The summed E-state index contributed by atoms with van der Waals surface area (Å²) in [6.07, 6.45) is 1.49. The molecule has 0 heterocycles. The van der Waals surface area contributed by atoms with Crippen LogP contribution >= 0.6 is 27.5 Å². The largest absolute Gasteiger partial charge is 0.493 e. The highest BCUT2D eigenvalue weighted by Gasteiger charge is 2.14. The summed E-state index contributed by atoms with van der Waals surface area (Å²) in [5.74, 6) is 0.474. The van der Waals surface area contributed by atoms with Crippen LogP contribution in [0.25, 0.3) is 6.08 Å². The van der Waals surface area contributed by atoms with Gasteiger partial charge < -0.3 is 14.8 Å². The van der Waals surface area contributed by atoms with E-state index in [0.29, 0.717) is 38.9 Å². The van der Waals surface area contributed by atoms with Crippen molar-refractivity contribution in [2.75, 3.05) is 12.4 Å². The van der Waals surface area contributed by atoms with Gasteiger partial charge in [-0.15, -0.1) is 0 Å². The van der Waals surface area contributed by atoms with E-state index < -0.39 is 5.91 Å². The van der Waals surface area contributed by atoms with Crippen LogP contribution in [0.5, 0.6) is 11.5 Å². The summed E-state index contributed by atoms with van der Waals surface area (Å²) in [5.41, 5.74) is 2.97. The van der Waals surface area contributed by atoms with Crippen molar-refractivity contribution < 1.29 is 14.3 Å². The average molecular weight is 512 g/mol. The summed E-state index contributed by atoms with van der Waals surface area (Å²) in [7, 11) is 1.53. The minimum atomic E-state index is -0.535. The predicted octanol–water partition coefficient (Wildman–Crippen LogP) is 6.54. The lowest BCUT2D eigenvalue weighted by Crippen LogP contribution is -2.13. The number of carbonyl (C=O) groups is 1. The Morgan fingerprint density at radius 2 is 1.94 bits per heavy atom. The highest BCUT2D eigenvalue weighted by molar-refractivity contribution is 9.10. The molecule has 3 aromatic carbocycles. The third-order valence-corrected chi connectivity index (χ3v) is 5.58. The Morgan fingerprint density at radius 1 is 1.19 bits per heavy atom. The number of nitrogens with one attached hydrogen (secondary N) is 1. The van der Waals surface area contributed by atoms with Gasteiger partial charge in [0.05, 0.1) is 11.6 Å². The molecule has 0 aliphatic heterocycles. The van der Waals surface area contributed by atoms with Crippen molar-refractivity contribution in [3.05, 3.63) is 92.4 Å². The number of nitriles is 1. The van der Waals surface area contributed by atoms with E-state index in [1.54, 1.807) is 30.3 Å². The molecule has 3 aromatic rings. The molecule has 0 spiro atoms. The summed E-state index contributed by atoms with van der Waals surface area (Å²) in [5, 5.41) is 12.7. The number of amides is 1. The van der Waals surface area contributed by atoms with Crippen LogP contribution in [0.3, 0.4) is 0 Å². The summed E-state index contributed by atoms with van der Waals surface area (Å²) in [4.78, 5) is 12.6. The molecule has 0 fully saturated rings. The van der Waals surface area contributed by atoms with Crippen LogP contribution in [0.4, 0.5) is 5.69 Å². The third kappa shape index (κ3) is 5.91. The lowest BCUT2D eigenvalue weighted by Gasteiger charge is -2.14. The van der Waals surface area contributed by atoms with Crippen molar-refractivity contribution in [2.24, 2.45) is 0 Å². The Kier molecular flexibility index (Phi) is 7.93. The number of benzene rings is 3. The van der Waals surface area contributed by atoms with Gasteiger partial charge in [0.1, 0.15) is 18.2 Å². The summed E-state index contributed by atoms with van der Waals surface area (Å²) in [6, 6.07) is 20.3. The Morgan fingerprint density at radius 3 is 2.59 bits per heavy atom. The van der Waals surface area contributed by atoms with Gasteiger partial charge in [-0.1, -0.05) is 48.0 Å². The minimum absolute atomic E-state index is 0.0615. The Bertz CT molecular complexity index is 1200. The van der Waals surface area contributed by atoms with Crippen molar-refractivity contribution in [3.8, 4) is 17.6 Å². The molecule has 32 heavy (non-hydrogen) atoms. The maximum Gasteiger partial charge on any atom is 0.266 e. The number of hydrogen-bond acceptors (Lipinski definition) is 4. The minimum Gasteiger partial charge on any atom is -0.493 e. The van der Waals surface area contributed by atoms with Crippen LogP contribution in [0, 0.1) is 18.3 Å². The normalized spacial score (nSPS) is 10.9. The van der Waals surface area contributed by atoms with E-state index >= 15 is 0 Å². The molecule has 0 aliphatic rings. The van der Waals surface area contributed by atoms with Crippen molar-refractivity contribution in [1.82, 2.24) is 0 Å². The first-order chi connectivity index (χ1) is 15.4.